The molecule has 3 aromatic rings. The molecule has 1 spiro atoms. The molecule has 1 atom stereocenters. The molecule has 1 fully saturated rings. The molecule has 1 amide bonds. The van der Waals surface area contributed by atoms with E-state index < -0.39 is 18.4 Å². The number of piperidine rings is 1. The quantitative estimate of drug-likeness (QED) is 0.0900. The largest absolute Gasteiger partial charge is 0.416 e. The Labute approximate surface area is 264 Å². The van der Waals surface area contributed by atoms with Gasteiger partial charge in [0, 0.05) is 24.0 Å². The van der Waals surface area contributed by atoms with Gasteiger partial charge in [-0.2, -0.15) is 13.2 Å². The van der Waals surface area contributed by atoms with Gasteiger partial charge >= 0.3 is 150 Å². The molecule has 0 saturated carbocycles. The maximum Gasteiger partial charge on any atom is 0.416 e. The van der Waals surface area contributed by atoms with Crippen LogP contribution in [-0.4, -0.2) is 67.7 Å². The number of amides is 1. The van der Waals surface area contributed by atoms with Crippen LogP contribution in [0.3, 0.4) is 0 Å². The maximum atomic E-state index is 14.2. The van der Waals surface area contributed by atoms with Crippen LogP contribution in [-0.2, 0) is 12.8 Å². The number of pyridine rings is 1. The second kappa shape index (κ2) is 11.6. The van der Waals surface area contributed by atoms with E-state index in [1.807, 2.05) is 52.9 Å². The second-order valence-corrected chi connectivity index (χ2v) is 19.8. The Morgan fingerprint density at radius 1 is 1.05 bits per heavy atom. The van der Waals surface area contributed by atoms with Gasteiger partial charge in [0.2, 0.25) is 0 Å². The number of hydrogen-bond donors (Lipinski definition) is 0. The first-order valence-electron chi connectivity index (χ1n) is 12.7. The predicted molar refractivity (Wildman–Crippen MR) is 158 cm³/mol. The molecule has 0 aliphatic carbocycles. The van der Waals surface area contributed by atoms with Crippen LogP contribution in [0.25, 0.3) is 6.08 Å². The average molecular weight is 873 g/mol. The zero-order valence-corrected chi connectivity index (χ0v) is 28.7. The number of anilines is 1. The van der Waals surface area contributed by atoms with Gasteiger partial charge in [-0.1, -0.05) is 11.6 Å². The normalized spacial score (nSPS) is 18.7. The van der Waals surface area contributed by atoms with Crippen molar-refractivity contribution in [1.82, 2.24) is 9.88 Å². The van der Waals surface area contributed by atoms with Gasteiger partial charge in [-0.05, 0) is 35.9 Å². The summed E-state index contributed by atoms with van der Waals surface area (Å²) in [5, 5.41) is 0.178. The molecule has 40 heavy (non-hydrogen) atoms. The van der Waals surface area contributed by atoms with Crippen molar-refractivity contribution in [3.63, 3.8) is 0 Å². The number of carbonyl (C=O) groups excluding carboxylic acids is 1. The summed E-state index contributed by atoms with van der Waals surface area (Å²) in [4.78, 5) is 21.2. The van der Waals surface area contributed by atoms with Crippen LogP contribution in [0.15, 0.2) is 66.9 Å². The minimum Gasteiger partial charge on any atom is -0.166 e. The standard InChI is InChI=1S/C29H24ClF4IN3O.Tl/c30-25-16-21(9-12-36-25)27(39)38-18-28(23-17-22(29(32,33)34)7-8-24(23)38)10-14-37(15-11-28)13-1-2-19-3-5-20(6-4-19)26(31)35;/h1-9,12,16-17H,10-11,13-15,18H2;/b2-1+;. The first-order valence-corrected chi connectivity index (χ1v) is 16.4. The molecule has 0 radical (unpaired) electrons. The fourth-order valence-corrected chi connectivity index (χ4v) is 6.75. The first-order chi connectivity index (χ1) is 18.9. The topological polar surface area (TPSA) is 36.4 Å². The van der Waals surface area contributed by atoms with E-state index in [-0.39, 0.29) is 36.8 Å². The average Bonchev–Trinajstić information content (AvgIpc) is 3.22. The molecule has 3 heterocycles. The van der Waals surface area contributed by atoms with Gasteiger partial charge in [0.05, 0.1) is 5.56 Å². The number of alkyl halides is 5. The molecule has 0 N–H and O–H groups in total. The van der Waals surface area contributed by atoms with Gasteiger partial charge in [-0.3, -0.25) is 4.79 Å². The number of nitrogens with zero attached hydrogens (tertiary/aromatic N) is 3. The SMILES string of the molecule is O=C(c1ccnc(Cl)c1)N1CC2(CCN(C/C=C/c3ccc([C](F)(I)[Tl])cc3)CC2)c2cc(C(F)(F)F)ccc21. The Kier molecular flexibility index (Phi) is 8.67. The van der Waals surface area contributed by atoms with Gasteiger partial charge in [0.1, 0.15) is 5.15 Å². The van der Waals surface area contributed by atoms with E-state index in [1.54, 1.807) is 11.0 Å². The Bertz CT molecular complexity index is 1430. The summed E-state index contributed by atoms with van der Waals surface area (Å²) < 4.78 is 53.9. The van der Waals surface area contributed by atoms with Crippen LogP contribution >= 0.6 is 34.2 Å². The Morgan fingerprint density at radius 2 is 1.73 bits per heavy atom. The third-order valence-corrected chi connectivity index (χ3v) is 9.77. The number of halogens is 6. The molecule has 206 valence electrons. The third kappa shape index (κ3) is 6.41. The minimum atomic E-state index is -4.47. The second-order valence-electron chi connectivity index (χ2n) is 10.2. The van der Waals surface area contributed by atoms with E-state index in [1.165, 1.54) is 24.4 Å². The van der Waals surface area contributed by atoms with Gasteiger partial charge in [0.25, 0.3) is 5.91 Å². The van der Waals surface area contributed by atoms with Crippen molar-refractivity contribution in [2.24, 2.45) is 0 Å². The summed E-state index contributed by atoms with van der Waals surface area (Å²) >= 11 is 8.02. The van der Waals surface area contributed by atoms with Gasteiger partial charge in [-0.15, -0.1) is 0 Å². The van der Waals surface area contributed by atoms with E-state index in [0.29, 0.717) is 61.4 Å². The zero-order chi connectivity index (χ0) is 28.7. The molecule has 4 nitrogen and oxygen atoms in total. The van der Waals surface area contributed by atoms with Gasteiger partial charge in [-0.25, -0.2) is 4.98 Å². The number of fused-ring (bicyclic) bond motifs is 2. The van der Waals surface area contributed by atoms with Crippen molar-refractivity contribution in [2.75, 3.05) is 31.1 Å². The smallest absolute Gasteiger partial charge is 0.166 e. The molecular formula is C29H24ClF4IN3OTl. The summed E-state index contributed by atoms with van der Waals surface area (Å²) in [6, 6.07) is 14.2. The molecule has 1 aromatic heterocycles. The number of hydrogen-bond acceptors (Lipinski definition) is 3. The molecule has 2 aliphatic heterocycles. The summed E-state index contributed by atoms with van der Waals surface area (Å²) in [6.07, 6.45) is 2.27. The van der Waals surface area contributed by atoms with Crippen molar-refractivity contribution in [1.29, 1.82) is 0 Å². The maximum absolute atomic E-state index is 14.2. The Hall–Kier alpha value is -1.58. The number of likely N-dealkylation sites (tertiary alicyclic amines) is 1. The van der Waals surface area contributed by atoms with Crippen LogP contribution in [0, 0.1) is 0 Å². The molecule has 2 aliphatic rings. The molecule has 1 saturated heterocycles. The monoisotopic (exact) mass is 873 g/mol. The zero-order valence-electron chi connectivity index (χ0n) is 21.3. The fourth-order valence-electron chi connectivity index (χ4n) is 5.46. The van der Waals surface area contributed by atoms with Crippen molar-refractivity contribution >= 4 is 77.6 Å². The Morgan fingerprint density at radius 3 is 2.35 bits per heavy atom. The summed E-state index contributed by atoms with van der Waals surface area (Å²) in [7, 11) is 0. The van der Waals surface area contributed by atoms with E-state index in [4.69, 9.17) is 11.6 Å². The van der Waals surface area contributed by atoms with Gasteiger partial charge < -0.3 is 4.90 Å². The van der Waals surface area contributed by atoms with Crippen LogP contribution < -0.4 is 4.90 Å². The van der Waals surface area contributed by atoms with Crippen LogP contribution in [0.2, 0.25) is 5.15 Å². The fraction of sp³-hybridized carbons (Fsp3) is 0.310. The van der Waals surface area contributed by atoms with Crippen molar-refractivity contribution in [3.05, 3.63) is 99.8 Å². The van der Waals surface area contributed by atoms with Crippen molar-refractivity contribution in [2.45, 2.75) is 25.7 Å². The molecule has 11 heteroatoms. The number of aromatic nitrogens is 1. The number of carbonyl (C=O) groups is 1. The predicted octanol–water partition coefficient (Wildman–Crippen LogP) is 7.14. The van der Waals surface area contributed by atoms with Gasteiger partial charge in [0.15, 0.2) is 0 Å². The summed E-state index contributed by atoms with van der Waals surface area (Å²) in [5.74, 6) is -0.308. The molecular weight excluding hydrogens is 849 g/mol. The molecule has 0 bridgehead atoms. The third-order valence-electron chi connectivity index (χ3n) is 7.65. The number of rotatable bonds is 5. The van der Waals surface area contributed by atoms with Crippen molar-refractivity contribution in [3.8, 4) is 0 Å². The van der Waals surface area contributed by atoms with E-state index in [0.717, 1.165) is 11.6 Å². The summed E-state index contributed by atoms with van der Waals surface area (Å²) in [5.41, 5.74) is 1.82. The molecule has 2 aromatic carbocycles. The molecule has 5 rings (SSSR count). The molecule has 1 unspecified atom stereocenters. The van der Waals surface area contributed by atoms with Crippen LogP contribution in [0.4, 0.5) is 23.2 Å². The van der Waals surface area contributed by atoms with E-state index >= 15 is 0 Å². The summed E-state index contributed by atoms with van der Waals surface area (Å²) in [6.45, 7) is 2.37. The van der Waals surface area contributed by atoms with E-state index in [9.17, 15) is 22.4 Å². The Balaban J connectivity index is 1.33. The van der Waals surface area contributed by atoms with Crippen LogP contribution in [0.1, 0.15) is 45.5 Å². The van der Waals surface area contributed by atoms with Crippen molar-refractivity contribution < 1.29 is 22.4 Å². The van der Waals surface area contributed by atoms with E-state index in [2.05, 4.69) is 16.0 Å². The first kappa shape index (κ1) is 29.9. The van der Waals surface area contributed by atoms with Crippen LogP contribution in [0.5, 0.6) is 0 Å². The minimum absolute atomic E-state index is 0.178. The number of benzene rings is 2.